The van der Waals surface area contributed by atoms with Gasteiger partial charge in [0.05, 0.1) is 12.5 Å². The maximum absolute atomic E-state index is 13.8. The normalized spacial score (nSPS) is 15.9. The minimum absolute atomic E-state index is 0.0486. The molecule has 0 aliphatic carbocycles. The fraction of sp³-hybridized carbons (Fsp3) is 0.350. The highest BCUT2D eigenvalue weighted by Gasteiger charge is 2.24. The molecule has 5 heteroatoms. The second kappa shape index (κ2) is 8.45. The highest BCUT2D eigenvalue weighted by Crippen LogP contribution is 2.24. The van der Waals surface area contributed by atoms with Crippen LogP contribution in [0.5, 0.6) is 0 Å². The van der Waals surface area contributed by atoms with Gasteiger partial charge < -0.3 is 5.32 Å². The molecule has 0 aromatic heterocycles. The molecule has 2 aromatic rings. The molecule has 1 saturated heterocycles. The van der Waals surface area contributed by atoms with E-state index in [0.717, 1.165) is 13.1 Å². The van der Waals surface area contributed by atoms with Crippen molar-refractivity contribution in [3.8, 4) is 0 Å². The minimum Gasteiger partial charge on any atom is -0.354 e. The summed E-state index contributed by atoms with van der Waals surface area (Å²) in [7, 11) is 0. The molecule has 0 spiro atoms. The number of carbonyl (C=O) groups excluding carboxylic acids is 1. The quantitative estimate of drug-likeness (QED) is 0.845. The van der Waals surface area contributed by atoms with Gasteiger partial charge in [-0.2, -0.15) is 0 Å². The van der Waals surface area contributed by atoms with Gasteiger partial charge in [-0.3, -0.25) is 9.69 Å². The Morgan fingerprint density at radius 2 is 1.84 bits per heavy atom. The molecule has 1 N–H and O–H groups in total. The van der Waals surface area contributed by atoms with Crippen LogP contribution in [0, 0.1) is 5.82 Å². The van der Waals surface area contributed by atoms with Gasteiger partial charge in [-0.05, 0) is 43.6 Å². The van der Waals surface area contributed by atoms with E-state index in [2.05, 4.69) is 22.3 Å². The third kappa shape index (κ3) is 4.59. The molecular formula is C20H22ClFN2O. The van der Waals surface area contributed by atoms with Gasteiger partial charge in [0.2, 0.25) is 5.91 Å². The minimum atomic E-state index is -0.443. The molecule has 3 rings (SSSR count). The van der Waals surface area contributed by atoms with E-state index in [0.29, 0.717) is 6.54 Å². The number of carbonyl (C=O) groups is 1. The molecule has 0 saturated carbocycles. The Balaban J connectivity index is 1.65. The Bertz CT molecular complexity index is 697. The molecule has 1 aliphatic rings. The van der Waals surface area contributed by atoms with Crippen molar-refractivity contribution in [2.75, 3.05) is 19.6 Å². The average Bonchev–Trinajstić information content (AvgIpc) is 3.14. The zero-order valence-corrected chi connectivity index (χ0v) is 14.8. The predicted molar refractivity (Wildman–Crippen MR) is 98.1 cm³/mol. The number of hydrogen-bond acceptors (Lipinski definition) is 2. The van der Waals surface area contributed by atoms with Gasteiger partial charge in [-0.1, -0.05) is 48.0 Å². The van der Waals surface area contributed by atoms with E-state index in [1.807, 2.05) is 18.2 Å². The highest BCUT2D eigenvalue weighted by molar-refractivity contribution is 6.31. The lowest BCUT2D eigenvalue weighted by Gasteiger charge is -2.28. The molecule has 1 heterocycles. The van der Waals surface area contributed by atoms with Gasteiger partial charge in [0.1, 0.15) is 5.82 Å². The number of likely N-dealkylation sites (tertiary alicyclic amines) is 1. The number of nitrogens with zero attached hydrogens (tertiary/aromatic N) is 1. The predicted octanol–water partition coefficient (Wildman–Crippen LogP) is 3.97. The molecule has 2 aromatic carbocycles. The molecule has 1 aliphatic heterocycles. The maximum atomic E-state index is 13.8. The zero-order valence-electron chi connectivity index (χ0n) is 14.1. The summed E-state index contributed by atoms with van der Waals surface area (Å²) >= 11 is 6.01. The summed E-state index contributed by atoms with van der Waals surface area (Å²) in [5.41, 5.74) is 1.44. The van der Waals surface area contributed by atoms with Crippen LogP contribution in [-0.2, 0) is 11.2 Å². The lowest BCUT2D eigenvalue weighted by Crippen LogP contribution is -2.37. The fourth-order valence-corrected chi connectivity index (χ4v) is 3.55. The van der Waals surface area contributed by atoms with E-state index in [-0.39, 0.29) is 29.0 Å². The molecular weight excluding hydrogens is 339 g/mol. The molecule has 1 fully saturated rings. The first-order valence-electron chi connectivity index (χ1n) is 8.64. The number of benzene rings is 2. The molecule has 1 unspecified atom stereocenters. The number of rotatable bonds is 6. The Morgan fingerprint density at radius 3 is 2.52 bits per heavy atom. The van der Waals surface area contributed by atoms with Crippen LogP contribution in [0.4, 0.5) is 4.39 Å². The summed E-state index contributed by atoms with van der Waals surface area (Å²) < 4.78 is 13.8. The van der Waals surface area contributed by atoms with Gasteiger partial charge in [0, 0.05) is 17.1 Å². The Hall–Kier alpha value is -1.91. The van der Waals surface area contributed by atoms with Crippen molar-refractivity contribution in [3.63, 3.8) is 0 Å². The average molecular weight is 361 g/mol. The second-order valence-electron chi connectivity index (χ2n) is 6.35. The van der Waals surface area contributed by atoms with Gasteiger partial charge in [0.15, 0.2) is 0 Å². The van der Waals surface area contributed by atoms with Crippen molar-refractivity contribution in [3.05, 3.63) is 70.5 Å². The third-order valence-corrected chi connectivity index (χ3v) is 5.01. The van der Waals surface area contributed by atoms with Crippen LogP contribution >= 0.6 is 11.6 Å². The van der Waals surface area contributed by atoms with Crippen molar-refractivity contribution in [1.29, 1.82) is 0 Å². The number of hydrogen-bond donors (Lipinski definition) is 1. The summed E-state index contributed by atoms with van der Waals surface area (Å²) in [6.45, 7) is 2.58. The summed E-state index contributed by atoms with van der Waals surface area (Å²) in [6.07, 6.45) is 2.32. The first-order chi connectivity index (χ1) is 12.1. The first kappa shape index (κ1) is 17.9. The number of nitrogens with one attached hydrogen (secondary N) is 1. The van der Waals surface area contributed by atoms with Gasteiger partial charge >= 0.3 is 0 Å². The Morgan fingerprint density at radius 1 is 1.12 bits per heavy atom. The summed E-state index contributed by atoms with van der Waals surface area (Å²) in [4.78, 5) is 14.7. The fourth-order valence-electron chi connectivity index (χ4n) is 3.32. The van der Waals surface area contributed by atoms with Crippen LogP contribution < -0.4 is 5.32 Å². The highest BCUT2D eigenvalue weighted by atomic mass is 35.5. The standard InChI is InChI=1S/C20H22ClFN2O/c21-17-9-6-10-18(22)16(17)13-20(25)23-14-19(24-11-4-5-12-24)15-7-2-1-3-8-15/h1-3,6-10,19H,4-5,11-14H2,(H,23,25). The number of halogens is 2. The van der Waals surface area contributed by atoms with E-state index < -0.39 is 5.82 Å². The second-order valence-corrected chi connectivity index (χ2v) is 6.76. The third-order valence-electron chi connectivity index (χ3n) is 4.66. The molecule has 25 heavy (non-hydrogen) atoms. The van der Waals surface area contributed by atoms with Crippen molar-refractivity contribution >= 4 is 17.5 Å². The monoisotopic (exact) mass is 360 g/mol. The van der Waals surface area contributed by atoms with E-state index in [4.69, 9.17) is 11.6 Å². The molecule has 132 valence electrons. The van der Waals surface area contributed by atoms with E-state index >= 15 is 0 Å². The SMILES string of the molecule is O=C(Cc1c(F)cccc1Cl)NCC(c1ccccc1)N1CCCC1. The molecule has 1 amide bonds. The molecule has 0 radical (unpaired) electrons. The van der Waals surface area contributed by atoms with Gasteiger partial charge in [0.25, 0.3) is 0 Å². The summed E-state index contributed by atoms with van der Waals surface area (Å²) in [5, 5.41) is 3.24. The van der Waals surface area contributed by atoms with Crippen molar-refractivity contribution in [1.82, 2.24) is 10.2 Å². The van der Waals surface area contributed by atoms with Crippen LogP contribution in [0.1, 0.15) is 30.0 Å². The van der Waals surface area contributed by atoms with Crippen LogP contribution in [0.2, 0.25) is 5.02 Å². The van der Waals surface area contributed by atoms with E-state index in [1.54, 1.807) is 6.07 Å². The van der Waals surface area contributed by atoms with E-state index in [9.17, 15) is 9.18 Å². The topological polar surface area (TPSA) is 32.3 Å². The van der Waals surface area contributed by atoms with Crippen LogP contribution in [0.15, 0.2) is 48.5 Å². The van der Waals surface area contributed by atoms with Crippen LogP contribution in [0.3, 0.4) is 0 Å². The Kier molecular flexibility index (Phi) is 6.05. The maximum Gasteiger partial charge on any atom is 0.224 e. The smallest absolute Gasteiger partial charge is 0.224 e. The van der Waals surface area contributed by atoms with Gasteiger partial charge in [-0.25, -0.2) is 4.39 Å². The van der Waals surface area contributed by atoms with Crippen molar-refractivity contribution in [2.24, 2.45) is 0 Å². The van der Waals surface area contributed by atoms with Gasteiger partial charge in [-0.15, -0.1) is 0 Å². The van der Waals surface area contributed by atoms with Crippen molar-refractivity contribution < 1.29 is 9.18 Å². The molecule has 3 nitrogen and oxygen atoms in total. The lowest BCUT2D eigenvalue weighted by molar-refractivity contribution is -0.120. The summed E-state index contributed by atoms with van der Waals surface area (Å²) in [6, 6.07) is 14.8. The molecule has 0 bridgehead atoms. The summed E-state index contributed by atoms with van der Waals surface area (Å²) in [5.74, 6) is -0.658. The Labute approximate surface area is 152 Å². The van der Waals surface area contributed by atoms with Crippen molar-refractivity contribution in [2.45, 2.75) is 25.3 Å². The number of amides is 1. The first-order valence-corrected chi connectivity index (χ1v) is 9.01. The van der Waals surface area contributed by atoms with E-state index in [1.165, 1.54) is 30.5 Å². The van der Waals surface area contributed by atoms with Crippen LogP contribution in [0.25, 0.3) is 0 Å². The zero-order chi connectivity index (χ0) is 17.6. The largest absolute Gasteiger partial charge is 0.354 e. The lowest BCUT2D eigenvalue weighted by atomic mass is 10.1. The van der Waals surface area contributed by atoms with Crippen LogP contribution in [-0.4, -0.2) is 30.4 Å². The molecule has 1 atom stereocenters.